The number of allylic oxidation sites excluding steroid dienone is 1. The van der Waals surface area contributed by atoms with Crippen LogP contribution in [-0.2, 0) is 11.8 Å². The molecule has 0 radical (unpaired) electrons. The number of thiophene rings is 1. The molecule has 0 unspecified atom stereocenters. The van der Waals surface area contributed by atoms with Crippen molar-refractivity contribution in [3.63, 3.8) is 0 Å². The van der Waals surface area contributed by atoms with Crippen molar-refractivity contribution >= 4 is 17.4 Å². The van der Waals surface area contributed by atoms with Crippen LogP contribution in [0.2, 0.25) is 0 Å². The van der Waals surface area contributed by atoms with Crippen molar-refractivity contribution in [2.45, 2.75) is 39.0 Å². The van der Waals surface area contributed by atoms with Crippen LogP contribution in [0.3, 0.4) is 0 Å². The van der Waals surface area contributed by atoms with E-state index < -0.39 is 0 Å². The molecule has 0 bridgehead atoms. The summed E-state index contributed by atoms with van der Waals surface area (Å²) in [5.41, 5.74) is 11.7. The van der Waals surface area contributed by atoms with Crippen LogP contribution in [0.25, 0.3) is 49.2 Å². The first kappa shape index (κ1) is 23.5. The van der Waals surface area contributed by atoms with Crippen LogP contribution in [0.1, 0.15) is 43.9 Å². The van der Waals surface area contributed by atoms with Gasteiger partial charge in [0.05, 0.1) is 0 Å². The van der Waals surface area contributed by atoms with Crippen molar-refractivity contribution in [3.05, 3.63) is 126 Å². The fourth-order valence-corrected chi connectivity index (χ4v) is 6.64. The Bertz CT molecular complexity index is 1500. The Morgan fingerprint density at radius 2 is 1.46 bits per heavy atom. The summed E-state index contributed by atoms with van der Waals surface area (Å²) in [5.74, 6) is 0. The maximum atomic E-state index is 3.44. The van der Waals surface area contributed by atoms with E-state index in [0.717, 1.165) is 18.4 Å². The molecule has 6 rings (SSSR count). The molecule has 1 aromatic heterocycles. The lowest BCUT2D eigenvalue weighted by Crippen LogP contribution is -2.12. The smallest absolute Gasteiger partial charge is 0.0424 e. The zero-order valence-electron chi connectivity index (χ0n) is 21.6. The topological polar surface area (TPSA) is 0 Å². The summed E-state index contributed by atoms with van der Waals surface area (Å²) in [7, 11) is 0. The minimum absolute atomic E-state index is 0.0160. The average Bonchev–Trinajstić information content (AvgIpc) is 3.33. The van der Waals surface area contributed by atoms with Crippen molar-refractivity contribution in [2.24, 2.45) is 0 Å². The van der Waals surface area contributed by atoms with Gasteiger partial charge in [0.15, 0.2) is 0 Å². The molecule has 1 aliphatic rings. The normalized spacial score (nSPS) is 12.7. The predicted molar refractivity (Wildman–Crippen MR) is 160 cm³/mol. The van der Waals surface area contributed by atoms with Gasteiger partial charge in [0, 0.05) is 20.9 Å². The van der Waals surface area contributed by atoms with Gasteiger partial charge in [-0.25, -0.2) is 0 Å². The molecule has 0 atom stereocenters. The Labute approximate surface area is 225 Å². The van der Waals surface area contributed by atoms with Gasteiger partial charge in [-0.2, -0.15) is 0 Å². The summed E-state index contributed by atoms with van der Waals surface area (Å²) in [6, 6.07) is 39.4. The Morgan fingerprint density at radius 1 is 0.757 bits per heavy atom. The molecule has 180 valence electrons. The van der Waals surface area contributed by atoms with Crippen LogP contribution in [0.5, 0.6) is 0 Å². The highest BCUT2D eigenvalue weighted by atomic mass is 32.1. The Kier molecular flexibility index (Phi) is 6.07. The van der Waals surface area contributed by atoms with Gasteiger partial charge in [-0.05, 0) is 81.5 Å². The van der Waals surface area contributed by atoms with Gasteiger partial charge in [0.25, 0.3) is 0 Å². The maximum Gasteiger partial charge on any atom is 0.0424 e. The molecule has 4 aromatic carbocycles. The summed E-state index contributed by atoms with van der Waals surface area (Å²) in [4.78, 5) is 2.74. The van der Waals surface area contributed by atoms with Crippen molar-refractivity contribution in [2.75, 3.05) is 0 Å². The van der Waals surface area contributed by atoms with Gasteiger partial charge >= 0.3 is 0 Å². The molecule has 0 N–H and O–H groups in total. The second kappa shape index (κ2) is 9.55. The van der Waals surface area contributed by atoms with Gasteiger partial charge in [0.2, 0.25) is 0 Å². The molecular weight excluding hydrogens is 464 g/mol. The number of hydrogen-bond acceptors (Lipinski definition) is 1. The van der Waals surface area contributed by atoms with Crippen molar-refractivity contribution in [1.29, 1.82) is 0 Å². The van der Waals surface area contributed by atoms with Crippen molar-refractivity contribution in [3.8, 4) is 43.1 Å². The molecule has 0 saturated carbocycles. The minimum Gasteiger partial charge on any atom is -0.134 e. The van der Waals surface area contributed by atoms with Gasteiger partial charge in [-0.1, -0.05) is 112 Å². The summed E-state index contributed by atoms with van der Waals surface area (Å²) in [6.07, 6.45) is 6.80. The van der Waals surface area contributed by atoms with Gasteiger partial charge in [-0.15, -0.1) is 11.3 Å². The van der Waals surface area contributed by atoms with Crippen LogP contribution in [0.4, 0.5) is 0 Å². The molecule has 1 heteroatoms. The largest absolute Gasteiger partial charge is 0.134 e. The molecule has 0 nitrogen and oxygen atoms in total. The predicted octanol–water partition coefficient (Wildman–Crippen LogP) is 10.3. The van der Waals surface area contributed by atoms with Crippen LogP contribution >= 0.6 is 11.3 Å². The third-order valence-electron chi connectivity index (χ3n) is 7.19. The van der Waals surface area contributed by atoms with Gasteiger partial charge in [0.1, 0.15) is 0 Å². The van der Waals surface area contributed by atoms with Crippen molar-refractivity contribution in [1.82, 2.24) is 0 Å². The number of benzene rings is 3. The summed E-state index contributed by atoms with van der Waals surface area (Å²) in [5, 5.41) is 0. The van der Waals surface area contributed by atoms with E-state index in [1.165, 1.54) is 54.3 Å². The highest BCUT2D eigenvalue weighted by molar-refractivity contribution is 7.19. The van der Waals surface area contributed by atoms with Crippen molar-refractivity contribution < 1.29 is 0 Å². The van der Waals surface area contributed by atoms with Crippen LogP contribution in [0.15, 0.2) is 97.1 Å². The Balaban J connectivity index is 1.73. The van der Waals surface area contributed by atoms with Crippen LogP contribution < -0.4 is 0 Å². The molecule has 0 spiro atoms. The lowest BCUT2D eigenvalue weighted by molar-refractivity contribution is 0.591. The second-order valence-corrected chi connectivity index (χ2v) is 11.8. The molecule has 0 fully saturated rings. The van der Waals surface area contributed by atoms with Gasteiger partial charge < -0.3 is 0 Å². The number of hydrogen-bond donors (Lipinski definition) is 0. The molecule has 5 aromatic rings. The molecular formula is C36H30S. The van der Waals surface area contributed by atoms with Crippen LogP contribution in [-0.4, -0.2) is 0 Å². The van der Waals surface area contributed by atoms with Crippen LogP contribution in [0, 0.1) is 12.1 Å². The molecule has 1 heterocycles. The standard InChI is InChI=1S/C36H30S/c1-36(2,3)28-23-31(25-15-7-4-8-16-25)33(32(24-28)26-17-9-5-10-18-26)35-30-22-14-13-21-29(30)34(37-35)27-19-11-6-12-20-27/h4-9,11-13,15-17,19-21,23-24H,14,22H2,1-3H3. The number of rotatable bonds is 4. The third-order valence-corrected chi connectivity index (χ3v) is 8.50. The summed E-state index contributed by atoms with van der Waals surface area (Å²) < 4.78 is 0. The first-order valence-electron chi connectivity index (χ1n) is 13.0. The van der Waals surface area contributed by atoms with E-state index >= 15 is 0 Å². The molecule has 1 aliphatic carbocycles. The monoisotopic (exact) mass is 494 g/mol. The molecule has 0 aliphatic heterocycles. The SMILES string of the molecule is CC(C)(C)c1cc(-c2c#cccc2)c(-c2sc(-c3ccccc3)c3c2CCC=C3)c(-c2ccccc2)c1. The number of fused-ring (bicyclic) bond motifs is 1. The van der Waals surface area contributed by atoms with E-state index in [0.29, 0.717) is 0 Å². The highest BCUT2D eigenvalue weighted by Crippen LogP contribution is 2.51. The summed E-state index contributed by atoms with van der Waals surface area (Å²) in [6.45, 7) is 6.89. The lowest BCUT2D eigenvalue weighted by atomic mass is 9.80. The Hall–Kier alpha value is -3.86. The fraction of sp³-hybridized carbons (Fsp3) is 0.167. The second-order valence-electron chi connectivity index (χ2n) is 10.7. The third kappa shape index (κ3) is 4.43. The van der Waals surface area contributed by atoms with E-state index in [2.05, 4.69) is 130 Å². The fourth-order valence-electron chi connectivity index (χ4n) is 5.23. The molecule has 0 amide bonds. The maximum absolute atomic E-state index is 3.44. The minimum atomic E-state index is 0.0160. The zero-order valence-corrected chi connectivity index (χ0v) is 22.5. The first-order valence-corrected chi connectivity index (χ1v) is 13.8. The zero-order chi connectivity index (χ0) is 25.4. The summed E-state index contributed by atoms with van der Waals surface area (Å²) >= 11 is 1.94. The average molecular weight is 495 g/mol. The van der Waals surface area contributed by atoms with E-state index in [9.17, 15) is 0 Å². The Morgan fingerprint density at radius 3 is 2.14 bits per heavy atom. The quantitative estimate of drug-likeness (QED) is 0.233. The van der Waals surface area contributed by atoms with E-state index in [4.69, 9.17) is 0 Å². The highest BCUT2D eigenvalue weighted by Gasteiger charge is 2.27. The van der Waals surface area contributed by atoms with E-state index in [1.54, 1.807) is 0 Å². The molecule has 0 saturated heterocycles. The van der Waals surface area contributed by atoms with E-state index in [1.807, 2.05) is 17.4 Å². The van der Waals surface area contributed by atoms with Gasteiger partial charge in [-0.3, -0.25) is 0 Å². The molecule has 37 heavy (non-hydrogen) atoms. The lowest BCUT2D eigenvalue weighted by Gasteiger charge is -2.25. The first-order chi connectivity index (χ1) is 18.0. The van der Waals surface area contributed by atoms with E-state index in [-0.39, 0.29) is 5.41 Å².